The van der Waals surface area contributed by atoms with Gasteiger partial charge in [-0.1, -0.05) is 42.5 Å². The van der Waals surface area contributed by atoms with Crippen LogP contribution >= 0.6 is 0 Å². The Bertz CT molecular complexity index is 989. The van der Waals surface area contributed by atoms with Gasteiger partial charge in [0, 0.05) is 51.3 Å². The molecule has 0 N–H and O–H groups in total. The van der Waals surface area contributed by atoms with E-state index in [9.17, 15) is 4.79 Å². The maximum absolute atomic E-state index is 13.3. The number of amides is 1. The number of benzene rings is 1. The summed E-state index contributed by atoms with van der Waals surface area (Å²) >= 11 is 0. The third kappa shape index (κ3) is 5.44. The smallest absolute Gasteiger partial charge is 0.227 e. The largest absolute Gasteiger partial charge is 0.337 e. The number of carbonyl (C=O) groups is 1. The first kappa shape index (κ1) is 20.9. The van der Waals surface area contributed by atoms with Crippen LogP contribution in [0.25, 0.3) is 11.1 Å². The predicted octanol–water partition coefficient (Wildman–Crippen LogP) is 3.83. The Kier molecular flexibility index (Phi) is 6.85. The fraction of sp³-hybridized carbons (Fsp3) is 0.269. The van der Waals surface area contributed by atoms with Crippen molar-refractivity contribution in [1.29, 1.82) is 0 Å². The molecule has 1 amide bonds. The maximum atomic E-state index is 13.3. The maximum Gasteiger partial charge on any atom is 0.227 e. The van der Waals surface area contributed by atoms with E-state index in [1.54, 1.807) is 6.20 Å². The highest BCUT2D eigenvalue weighted by Gasteiger charge is 2.30. The predicted molar refractivity (Wildman–Crippen MR) is 123 cm³/mol. The van der Waals surface area contributed by atoms with Crippen molar-refractivity contribution in [2.75, 3.05) is 26.2 Å². The van der Waals surface area contributed by atoms with E-state index < -0.39 is 0 Å². The van der Waals surface area contributed by atoms with Gasteiger partial charge < -0.3 is 4.90 Å². The summed E-state index contributed by atoms with van der Waals surface area (Å²) in [6, 6.07) is 18.5. The van der Waals surface area contributed by atoms with Crippen molar-refractivity contribution >= 4 is 5.91 Å². The Morgan fingerprint density at radius 1 is 1.00 bits per heavy atom. The normalized spacial score (nSPS) is 17.4. The third-order valence-electron chi connectivity index (χ3n) is 5.72. The quantitative estimate of drug-likeness (QED) is 0.554. The summed E-state index contributed by atoms with van der Waals surface area (Å²) in [6.45, 7) is 7.46. The van der Waals surface area contributed by atoms with Crippen LogP contribution in [0.2, 0.25) is 0 Å². The van der Waals surface area contributed by atoms with Gasteiger partial charge in [0.15, 0.2) is 0 Å². The van der Waals surface area contributed by atoms with Crippen LogP contribution in [0.4, 0.5) is 0 Å². The van der Waals surface area contributed by atoms with Crippen LogP contribution in [0.5, 0.6) is 0 Å². The molecular weight excluding hydrogens is 384 g/mol. The fourth-order valence-corrected chi connectivity index (χ4v) is 4.12. The molecule has 0 spiro atoms. The van der Waals surface area contributed by atoms with Gasteiger partial charge in [0.1, 0.15) is 0 Å². The van der Waals surface area contributed by atoms with Crippen molar-refractivity contribution in [3.63, 3.8) is 0 Å². The lowest BCUT2D eigenvalue weighted by atomic mass is 9.96. The summed E-state index contributed by atoms with van der Waals surface area (Å²) < 4.78 is 0. The molecule has 0 aliphatic carbocycles. The monoisotopic (exact) mass is 412 g/mol. The zero-order chi connectivity index (χ0) is 21.5. The first-order valence-corrected chi connectivity index (χ1v) is 10.7. The number of rotatable bonds is 7. The SMILES string of the molecule is C=CCN1CCN(Cc2ccccn2)CC(Cc2ccc(-c3cccnc3)cc2)C1=O. The van der Waals surface area contributed by atoms with Gasteiger partial charge in [0.05, 0.1) is 11.6 Å². The van der Waals surface area contributed by atoms with Crippen LogP contribution in [0.3, 0.4) is 0 Å². The van der Waals surface area contributed by atoms with Crippen molar-refractivity contribution in [2.45, 2.75) is 13.0 Å². The van der Waals surface area contributed by atoms with E-state index >= 15 is 0 Å². The summed E-state index contributed by atoms with van der Waals surface area (Å²) in [5.74, 6) is 0.121. The summed E-state index contributed by atoms with van der Waals surface area (Å²) in [5, 5.41) is 0. The van der Waals surface area contributed by atoms with Crippen molar-refractivity contribution in [1.82, 2.24) is 19.8 Å². The lowest BCUT2D eigenvalue weighted by Gasteiger charge is -2.23. The second-order valence-corrected chi connectivity index (χ2v) is 7.97. The summed E-state index contributed by atoms with van der Waals surface area (Å²) in [6.07, 6.45) is 8.00. The Balaban J connectivity index is 1.50. The molecule has 1 atom stereocenters. The number of pyridine rings is 2. The van der Waals surface area contributed by atoms with E-state index in [-0.39, 0.29) is 11.8 Å². The number of hydrogen-bond acceptors (Lipinski definition) is 4. The van der Waals surface area contributed by atoms with Gasteiger partial charge in [0.25, 0.3) is 0 Å². The number of carbonyl (C=O) groups excluding carboxylic acids is 1. The molecule has 0 radical (unpaired) electrons. The lowest BCUT2D eigenvalue weighted by Crippen LogP contribution is -2.37. The minimum Gasteiger partial charge on any atom is -0.337 e. The van der Waals surface area contributed by atoms with E-state index in [0.717, 1.165) is 42.9 Å². The summed E-state index contributed by atoms with van der Waals surface area (Å²) in [4.78, 5) is 26.2. The molecule has 5 heteroatoms. The van der Waals surface area contributed by atoms with Gasteiger partial charge in [-0.05, 0) is 41.3 Å². The van der Waals surface area contributed by atoms with Crippen LogP contribution in [0.15, 0.2) is 85.8 Å². The average Bonchev–Trinajstić information content (AvgIpc) is 2.95. The minimum atomic E-state index is -0.0876. The van der Waals surface area contributed by atoms with E-state index in [0.29, 0.717) is 13.1 Å². The molecule has 1 aliphatic heterocycles. The highest BCUT2D eigenvalue weighted by Crippen LogP contribution is 2.22. The third-order valence-corrected chi connectivity index (χ3v) is 5.72. The molecule has 31 heavy (non-hydrogen) atoms. The Morgan fingerprint density at radius 3 is 2.58 bits per heavy atom. The van der Waals surface area contributed by atoms with Gasteiger partial charge >= 0.3 is 0 Å². The standard InChI is InChI=1S/C26H28N4O/c1-2-14-30-16-15-29(20-25-7-3-4-13-28-25)19-24(26(30)31)17-21-8-10-22(11-9-21)23-6-5-12-27-18-23/h2-13,18,24H,1,14-17,19-20H2. The average molecular weight is 413 g/mol. The first-order chi connectivity index (χ1) is 15.2. The Labute approximate surface area is 184 Å². The van der Waals surface area contributed by atoms with Crippen LogP contribution in [0, 0.1) is 5.92 Å². The molecule has 5 nitrogen and oxygen atoms in total. The minimum absolute atomic E-state index is 0.0876. The molecule has 2 aromatic heterocycles. The highest BCUT2D eigenvalue weighted by molar-refractivity contribution is 5.80. The highest BCUT2D eigenvalue weighted by atomic mass is 16.2. The molecule has 0 saturated carbocycles. The van der Waals surface area contributed by atoms with Gasteiger partial charge in [0.2, 0.25) is 5.91 Å². The van der Waals surface area contributed by atoms with Crippen molar-refractivity contribution in [3.05, 3.63) is 97.1 Å². The van der Waals surface area contributed by atoms with Crippen molar-refractivity contribution in [3.8, 4) is 11.1 Å². The molecule has 4 rings (SSSR count). The topological polar surface area (TPSA) is 49.3 Å². The molecule has 3 aromatic rings. The van der Waals surface area contributed by atoms with Gasteiger partial charge in [-0.3, -0.25) is 19.7 Å². The molecule has 3 heterocycles. The van der Waals surface area contributed by atoms with Crippen LogP contribution in [-0.4, -0.2) is 51.9 Å². The molecule has 1 aliphatic rings. The Morgan fingerprint density at radius 2 is 1.87 bits per heavy atom. The molecule has 0 bridgehead atoms. The van der Waals surface area contributed by atoms with Gasteiger partial charge in [-0.15, -0.1) is 6.58 Å². The van der Waals surface area contributed by atoms with Gasteiger partial charge in [-0.2, -0.15) is 0 Å². The van der Waals surface area contributed by atoms with Crippen LogP contribution in [0.1, 0.15) is 11.3 Å². The van der Waals surface area contributed by atoms with Crippen LogP contribution in [-0.2, 0) is 17.8 Å². The summed E-state index contributed by atoms with van der Waals surface area (Å²) in [7, 11) is 0. The lowest BCUT2D eigenvalue weighted by molar-refractivity contribution is -0.134. The van der Waals surface area contributed by atoms with Crippen molar-refractivity contribution < 1.29 is 4.79 Å². The van der Waals surface area contributed by atoms with Crippen molar-refractivity contribution in [2.24, 2.45) is 5.92 Å². The van der Waals surface area contributed by atoms with Gasteiger partial charge in [-0.25, -0.2) is 0 Å². The number of nitrogens with zero attached hydrogens (tertiary/aromatic N) is 4. The fourth-order valence-electron chi connectivity index (χ4n) is 4.12. The van der Waals surface area contributed by atoms with E-state index in [2.05, 4.69) is 51.8 Å². The second-order valence-electron chi connectivity index (χ2n) is 7.97. The molecule has 158 valence electrons. The Hall–Kier alpha value is -3.31. The van der Waals surface area contributed by atoms with E-state index in [1.807, 2.05) is 47.6 Å². The molecule has 1 unspecified atom stereocenters. The number of hydrogen-bond donors (Lipinski definition) is 0. The van der Waals surface area contributed by atoms with E-state index in [1.165, 1.54) is 5.56 Å². The van der Waals surface area contributed by atoms with Crippen LogP contribution < -0.4 is 0 Å². The first-order valence-electron chi connectivity index (χ1n) is 10.7. The number of aromatic nitrogens is 2. The molecule has 1 aromatic carbocycles. The molecule has 1 fully saturated rings. The molecular formula is C26H28N4O. The zero-order valence-electron chi connectivity index (χ0n) is 17.7. The molecule has 1 saturated heterocycles. The second kappa shape index (κ2) is 10.1. The summed E-state index contributed by atoms with van der Waals surface area (Å²) in [5.41, 5.74) is 4.43. The zero-order valence-corrected chi connectivity index (χ0v) is 17.7. The van der Waals surface area contributed by atoms with E-state index in [4.69, 9.17) is 0 Å².